The van der Waals surface area contributed by atoms with Gasteiger partial charge in [0.15, 0.2) is 8.32 Å². The zero-order chi connectivity index (χ0) is 22.3. The van der Waals surface area contributed by atoms with Crippen molar-refractivity contribution in [3.63, 3.8) is 0 Å². The van der Waals surface area contributed by atoms with E-state index in [9.17, 15) is 4.79 Å². The molecule has 3 rings (SSSR count). The van der Waals surface area contributed by atoms with Crippen molar-refractivity contribution < 1.29 is 30.1 Å². The van der Waals surface area contributed by atoms with Crippen molar-refractivity contribution in [3.05, 3.63) is 60.3 Å². The number of carbonyl (C=O) groups is 1. The monoisotopic (exact) mass is 543 g/mol. The van der Waals surface area contributed by atoms with Crippen LogP contribution in [-0.2, 0) is 30.1 Å². The zero-order valence-electron chi connectivity index (χ0n) is 17.7. The molecule has 3 aromatic carbocycles. The summed E-state index contributed by atoms with van der Waals surface area (Å²) in [6.07, 6.45) is 0.226. The molecule has 0 atom stereocenters. The summed E-state index contributed by atoms with van der Waals surface area (Å²) >= 11 is -0.826. The molecule has 0 unspecified atom stereocenters. The minimum Gasteiger partial charge on any atom is -0.126 e. The first-order valence-corrected chi connectivity index (χ1v) is 20.9. The quantitative estimate of drug-likeness (QED) is 0.249. The molecule has 0 saturated carbocycles. The topological polar surface area (TPSA) is 50.1 Å². The van der Waals surface area contributed by atoms with E-state index in [1.165, 1.54) is 21.5 Å². The van der Waals surface area contributed by atoms with Crippen LogP contribution in [0.3, 0.4) is 0 Å². The molecule has 0 spiro atoms. The Morgan fingerprint density at radius 2 is 1.41 bits per heavy atom. The van der Waals surface area contributed by atoms with Gasteiger partial charge < -0.3 is 15.0 Å². The molecule has 0 fully saturated rings. The summed E-state index contributed by atoms with van der Waals surface area (Å²) in [6, 6.07) is 19.3. The van der Waals surface area contributed by atoms with Gasteiger partial charge in [0.05, 0.1) is 5.91 Å². The second kappa shape index (κ2) is 16.3. The van der Waals surface area contributed by atoms with Crippen LogP contribution in [0, 0.1) is 0 Å². The van der Waals surface area contributed by atoms with E-state index in [1.54, 1.807) is 0 Å². The van der Waals surface area contributed by atoms with Gasteiger partial charge in [-0.25, -0.2) is 0 Å². The molecule has 0 aliphatic carbocycles. The fourth-order valence-corrected chi connectivity index (χ4v) is 3.07. The van der Waals surface area contributed by atoms with Gasteiger partial charge in [0.25, 0.3) is 0 Å². The normalized spacial score (nSPS) is 9.90. The van der Waals surface area contributed by atoms with Crippen molar-refractivity contribution in [2.24, 2.45) is 0 Å². The second-order valence-electron chi connectivity index (χ2n) is 7.02. The number of hydrogen-bond donors (Lipinski definition) is 0. The van der Waals surface area contributed by atoms with E-state index in [4.69, 9.17) is 27.2 Å². The van der Waals surface area contributed by atoms with Gasteiger partial charge in [-0.05, 0) is 19.6 Å². The number of hydrogen-bond acceptors (Lipinski definition) is 2. The fourth-order valence-electron chi connectivity index (χ4n) is 2.35. The van der Waals surface area contributed by atoms with Gasteiger partial charge in [0.1, 0.15) is 0 Å². The average molecular weight is 546 g/mol. The van der Waals surface area contributed by atoms with Crippen LogP contribution in [0.4, 0.5) is 0 Å². The number of fused-ring (bicyclic) bond motifs is 3. The van der Waals surface area contributed by atoms with Crippen LogP contribution >= 0.6 is 17.0 Å². The van der Waals surface area contributed by atoms with E-state index in [-0.39, 0.29) is 6.42 Å². The maximum Gasteiger partial charge on any atom is -0.0771 e. The van der Waals surface area contributed by atoms with E-state index in [0.29, 0.717) is 6.61 Å². The minimum atomic E-state index is -1.46. The third-order valence-electron chi connectivity index (χ3n) is 3.39. The number of nitrogens with one attached hydrogen (secondary N) is 1. The van der Waals surface area contributed by atoms with E-state index in [0.717, 1.165) is 9.52 Å². The van der Waals surface area contributed by atoms with Crippen LogP contribution in [0.1, 0.15) is 6.42 Å². The van der Waals surface area contributed by atoms with Crippen molar-refractivity contribution in [1.82, 2.24) is 0 Å². The van der Waals surface area contributed by atoms with Crippen molar-refractivity contribution in [1.29, 1.82) is 0 Å². The van der Waals surface area contributed by atoms with Gasteiger partial charge in [-0.15, -0.1) is 39.7 Å². The molecule has 8 heteroatoms. The third-order valence-corrected chi connectivity index (χ3v) is 4.46. The number of carbonyl (C=O) groups excluding carboxylic acids is 1. The first kappa shape index (κ1) is 28.6. The smallest absolute Gasteiger partial charge is 0.0771 e. The summed E-state index contributed by atoms with van der Waals surface area (Å²) < 4.78 is 5.34. The summed E-state index contributed by atoms with van der Waals surface area (Å²) in [5, 5.41) is 5.39. The second-order valence-corrected chi connectivity index (χ2v) is 16.3. The molecular weight excluding hydrogens is 517 g/mol. The third kappa shape index (κ3) is 13.5. The van der Waals surface area contributed by atoms with Crippen molar-refractivity contribution in [3.8, 4) is 0 Å². The Labute approximate surface area is 197 Å². The van der Waals surface area contributed by atoms with Crippen LogP contribution in [0.5, 0.6) is 0 Å². The van der Waals surface area contributed by atoms with Crippen molar-refractivity contribution >= 4 is 62.3 Å². The molecule has 2 radical (unpaired) electrons. The van der Waals surface area contributed by atoms with Gasteiger partial charge >= 0.3 is 37.9 Å². The first-order valence-electron chi connectivity index (χ1n) is 9.16. The molecule has 0 bridgehead atoms. The fraction of sp³-hybridized carbons (Fsp3) is 0.333. The predicted octanol–water partition coefficient (Wildman–Crippen LogP) is 7.68. The van der Waals surface area contributed by atoms with Crippen LogP contribution in [0.25, 0.3) is 27.3 Å². The molecule has 0 saturated heterocycles. The number of halogens is 2. The van der Waals surface area contributed by atoms with Crippen LogP contribution < -0.4 is 0 Å². The van der Waals surface area contributed by atoms with Crippen LogP contribution in [-0.4, -0.2) is 30.4 Å². The van der Waals surface area contributed by atoms with Crippen molar-refractivity contribution in [2.75, 3.05) is 6.61 Å². The molecule has 29 heavy (non-hydrogen) atoms. The maximum absolute atomic E-state index is 10.1. The maximum atomic E-state index is 10.1. The molecule has 0 aromatic heterocycles. The Morgan fingerprint density at radius 3 is 1.76 bits per heavy atom. The molecule has 156 valence electrons. The number of rotatable bonds is 4. The van der Waals surface area contributed by atoms with Gasteiger partial charge in [-0.2, -0.15) is 0 Å². The summed E-state index contributed by atoms with van der Waals surface area (Å²) in [7, 11) is 9.49. The molecule has 1 N–H and O–H groups in total. The largest absolute Gasteiger partial charge is 0.126 e. The van der Waals surface area contributed by atoms with Crippen molar-refractivity contribution in [2.45, 2.75) is 39.2 Å². The van der Waals surface area contributed by atoms with E-state index in [2.05, 4.69) is 87.3 Å². The Hall–Kier alpha value is -0.363. The summed E-state index contributed by atoms with van der Waals surface area (Å²) in [5.41, 5.74) is 6.58. The summed E-state index contributed by atoms with van der Waals surface area (Å²) in [4.78, 5) is 10.1. The molecule has 0 heterocycles. The van der Waals surface area contributed by atoms with Gasteiger partial charge in [-0.1, -0.05) is 49.5 Å². The molecular formula is C21H29Cl2NO2Si2Zr. The molecule has 0 aliphatic rings. The standard InChI is InChI=1S/C13H9.C6H15NO2Si.C2H6Si.2ClH.Zr/c1-3-7-12-10(5-1)9-11-6-2-4-8-13(11)12;1-10(2,3)9-5-4-6(7)8;1-3-2;;;/h1-9H;4-5H2,1-3H3,(H2,7,8);1-2H3;2*1H;/q-1;;;;;+4/p-3. The zero-order valence-corrected chi connectivity index (χ0v) is 23.7. The summed E-state index contributed by atoms with van der Waals surface area (Å²) in [5.74, 6) is -0.543. The van der Waals surface area contributed by atoms with E-state index >= 15 is 0 Å². The Morgan fingerprint density at radius 1 is 1.03 bits per heavy atom. The summed E-state index contributed by atoms with van der Waals surface area (Å²) in [6.45, 7) is 10.9. The van der Waals surface area contributed by atoms with Crippen LogP contribution in [0.15, 0.2) is 54.6 Å². The number of benzene rings is 2. The number of amides is 1. The average Bonchev–Trinajstić information content (AvgIpc) is 3.01. The minimum absolute atomic E-state index is 0.226. The Kier molecular flexibility index (Phi) is 16.1. The first-order chi connectivity index (χ1) is 13.7. The molecule has 1 amide bonds. The van der Waals surface area contributed by atoms with Gasteiger partial charge in [-0.3, -0.25) is 0 Å². The van der Waals surface area contributed by atoms with E-state index in [1.807, 2.05) is 0 Å². The Balaban J connectivity index is 0.000000438. The SMILES string of the molecule is C[Si](C)(C)OCCC([NH-])=O.C[Si]C.[Cl][Zr+2][Cl].c1ccc2c(c1)[cH-]c1ccccc12. The Bertz CT molecular complexity index is 786. The van der Waals surface area contributed by atoms with Gasteiger partial charge in [0, 0.05) is 22.5 Å². The molecule has 0 aliphatic heterocycles. The van der Waals surface area contributed by atoms with E-state index < -0.39 is 35.1 Å². The van der Waals surface area contributed by atoms with Crippen LogP contribution in [0.2, 0.25) is 32.7 Å². The molecule has 3 nitrogen and oxygen atoms in total. The predicted molar refractivity (Wildman–Crippen MR) is 129 cm³/mol. The molecule has 3 aromatic rings. The van der Waals surface area contributed by atoms with Gasteiger partial charge in [0.2, 0.25) is 0 Å².